The average molecular weight is 266 g/mol. The molecule has 2 aromatic heterocycles. The minimum Gasteiger partial charge on any atom is -0.327 e. The second kappa shape index (κ2) is 5.43. The summed E-state index contributed by atoms with van der Waals surface area (Å²) >= 11 is 0. The van der Waals surface area contributed by atoms with E-state index in [1.807, 2.05) is 41.4 Å². The van der Waals surface area contributed by atoms with E-state index in [1.54, 1.807) is 0 Å². The summed E-state index contributed by atoms with van der Waals surface area (Å²) in [6.45, 7) is 2.10. The predicted octanol–water partition coefficient (Wildman–Crippen LogP) is 2.70. The number of rotatable bonds is 4. The van der Waals surface area contributed by atoms with E-state index in [0.29, 0.717) is 0 Å². The van der Waals surface area contributed by atoms with Gasteiger partial charge in [-0.1, -0.05) is 25.1 Å². The van der Waals surface area contributed by atoms with Crippen LogP contribution in [0.25, 0.3) is 16.9 Å². The van der Waals surface area contributed by atoms with Gasteiger partial charge >= 0.3 is 0 Å². The zero-order valence-corrected chi connectivity index (χ0v) is 11.5. The van der Waals surface area contributed by atoms with E-state index in [0.717, 1.165) is 35.3 Å². The van der Waals surface area contributed by atoms with E-state index in [2.05, 4.69) is 29.0 Å². The van der Waals surface area contributed by atoms with Gasteiger partial charge in [-0.15, -0.1) is 0 Å². The fourth-order valence-electron chi connectivity index (χ4n) is 2.36. The first-order valence-electron chi connectivity index (χ1n) is 6.91. The van der Waals surface area contributed by atoms with Crippen molar-refractivity contribution >= 4 is 11.0 Å². The molecule has 4 heteroatoms. The second-order valence-corrected chi connectivity index (χ2v) is 4.96. The molecule has 4 nitrogen and oxygen atoms in total. The number of imidazole rings is 1. The molecular weight excluding hydrogens is 248 g/mol. The first-order chi connectivity index (χ1) is 9.79. The largest absolute Gasteiger partial charge is 0.327 e. The molecule has 1 aromatic carbocycles. The van der Waals surface area contributed by atoms with Crippen molar-refractivity contribution in [2.45, 2.75) is 25.8 Å². The lowest BCUT2D eigenvalue weighted by Crippen LogP contribution is -2.22. The lowest BCUT2D eigenvalue weighted by Gasteiger charge is -2.13. The van der Waals surface area contributed by atoms with E-state index in [-0.39, 0.29) is 6.04 Å². The van der Waals surface area contributed by atoms with Gasteiger partial charge in [-0.3, -0.25) is 4.57 Å². The molecule has 1 unspecified atom stereocenters. The van der Waals surface area contributed by atoms with Crippen LogP contribution in [-0.4, -0.2) is 20.6 Å². The Hall–Kier alpha value is -2.20. The van der Waals surface area contributed by atoms with Crippen molar-refractivity contribution in [3.05, 3.63) is 54.5 Å². The highest BCUT2D eigenvalue weighted by molar-refractivity contribution is 5.77. The van der Waals surface area contributed by atoms with E-state index in [9.17, 15) is 0 Å². The van der Waals surface area contributed by atoms with Crippen LogP contribution in [0.4, 0.5) is 0 Å². The Bertz CT molecular complexity index is 717. The molecule has 0 aliphatic heterocycles. The summed E-state index contributed by atoms with van der Waals surface area (Å²) in [4.78, 5) is 8.95. The molecule has 2 N–H and O–H groups in total. The van der Waals surface area contributed by atoms with E-state index < -0.39 is 0 Å². The van der Waals surface area contributed by atoms with Gasteiger partial charge < -0.3 is 5.73 Å². The van der Waals surface area contributed by atoms with Crippen molar-refractivity contribution < 1.29 is 0 Å². The quantitative estimate of drug-likeness (QED) is 0.790. The Morgan fingerprint density at radius 3 is 2.85 bits per heavy atom. The van der Waals surface area contributed by atoms with E-state index in [4.69, 9.17) is 5.73 Å². The first kappa shape index (κ1) is 12.8. The summed E-state index contributed by atoms with van der Waals surface area (Å²) in [5, 5.41) is 0. The summed E-state index contributed by atoms with van der Waals surface area (Å²) in [5.74, 6) is 0.921. The third-order valence-electron chi connectivity index (χ3n) is 3.56. The van der Waals surface area contributed by atoms with Gasteiger partial charge in [0, 0.05) is 12.2 Å². The van der Waals surface area contributed by atoms with Crippen molar-refractivity contribution in [2.24, 2.45) is 5.73 Å². The molecule has 2 heterocycles. The van der Waals surface area contributed by atoms with Crippen LogP contribution in [0.5, 0.6) is 0 Å². The Kier molecular flexibility index (Phi) is 3.48. The van der Waals surface area contributed by atoms with Gasteiger partial charge in [0.1, 0.15) is 12.1 Å². The van der Waals surface area contributed by atoms with Gasteiger partial charge in [-0.25, -0.2) is 9.97 Å². The summed E-state index contributed by atoms with van der Waals surface area (Å²) < 4.78 is 2.03. The number of nitrogens with two attached hydrogens (primary N) is 1. The van der Waals surface area contributed by atoms with Gasteiger partial charge in [0.05, 0.1) is 11.0 Å². The summed E-state index contributed by atoms with van der Waals surface area (Å²) in [6.07, 6.45) is 5.42. The van der Waals surface area contributed by atoms with E-state index in [1.165, 1.54) is 0 Å². The minimum atomic E-state index is 0.160. The van der Waals surface area contributed by atoms with Crippen LogP contribution in [0.3, 0.4) is 0 Å². The summed E-state index contributed by atoms with van der Waals surface area (Å²) in [5.41, 5.74) is 9.29. The highest BCUT2D eigenvalue weighted by Crippen LogP contribution is 2.20. The molecule has 0 radical (unpaired) electrons. The fraction of sp³-hybridized carbons (Fsp3) is 0.250. The standard InChI is InChI=1S/C16H18N4/c1-2-13(17)10-12-6-5-9-18-16(12)20-11-19-14-7-3-4-8-15(14)20/h3-9,11,13H,2,10,17H2,1H3. The van der Waals surface area contributed by atoms with Crippen LogP contribution < -0.4 is 5.73 Å². The van der Waals surface area contributed by atoms with Crippen LogP contribution in [0.1, 0.15) is 18.9 Å². The van der Waals surface area contributed by atoms with Crippen molar-refractivity contribution in [2.75, 3.05) is 0 Å². The van der Waals surface area contributed by atoms with Crippen molar-refractivity contribution in [3.63, 3.8) is 0 Å². The maximum Gasteiger partial charge on any atom is 0.141 e. The second-order valence-electron chi connectivity index (χ2n) is 4.96. The zero-order valence-electron chi connectivity index (χ0n) is 11.5. The Labute approximate surface area is 118 Å². The maximum atomic E-state index is 6.09. The Morgan fingerprint density at radius 1 is 1.15 bits per heavy atom. The molecule has 0 aliphatic rings. The summed E-state index contributed by atoms with van der Waals surface area (Å²) in [6, 6.07) is 12.3. The Morgan fingerprint density at radius 2 is 2.00 bits per heavy atom. The monoisotopic (exact) mass is 266 g/mol. The molecule has 1 atom stereocenters. The third-order valence-corrected chi connectivity index (χ3v) is 3.56. The highest BCUT2D eigenvalue weighted by atomic mass is 15.1. The average Bonchev–Trinajstić information content (AvgIpc) is 2.91. The van der Waals surface area contributed by atoms with Crippen molar-refractivity contribution in [1.29, 1.82) is 0 Å². The predicted molar refractivity (Wildman–Crippen MR) is 80.8 cm³/mol. The summed E-state index contributed by atoms with van der Waals surface area (Å²) in [7, 11) is 0. The molecule has 0 spiro atoms. The molecular formula is C16H18N4. The number of aromatic nitrogens is 3. The van der Waals surface area contributed by atoms with Crippen molar-refractivity contribution in [1.82, 2.24) is 14.5 Å². The molecule has 0 fully saturated rings. The van der Waals surface area contributed by atoms with Gasteiger partial charge in [-0.2, -0.15) is 0 Å². The van der Waals surface area contributed by atoms with Gasteiger partial charge in [-0.05, 0) is 36.6 Å². The van der Waals surface area contributed by atoms with Crippen LogP contribution >= 0.6 is 0 Å². The van der Waals surface area contributed by atoms with Gasteiger partial charge in [0.15, 0.2) is 0 Å². The van der Waals surface area contributed by atoms with E-state index >= 15 is 0 Å². The van der Waals surface area contributed by atoms with Crippen LogP contribution in [0.2, 0.25) is 0 Å². The number of para-hydroxylation sites is 2. The SMILES string of the molecule is CCC(N)Cc1cccnc1-n1cnc2ccccc21. The van der Waals surface area contributed by atoms with Crippen molar-refractivity contribution in [3.8, 4) is 5.82 Å². The molecule has 0 saturated carbocycles. The van der Waals surface area contributed by atoms with Crippen LogP contribution in [0.15, 0.2) is 48.9 Å². The smallest absolute Gasteiger partial charge is 0.141 e. The molecule has 0 saturated heterocycles. The first-order valence-corrected chi connectivity index (χ1v) is 6.91. The molecule has 102 valence electrons. The number of benzene rings is 1. The number of hydrogen-bond acceptors (Lipinski definition) is 3. The third kappa shape index (κ3) is 2.30. The van der Waals surface area contributed by atoms with Crippen LogP contribution in [-0.2, 0) is 6.42 Å². The number of fused-ring (bicyclic) bond motifs is 1. The molecule has 0 aliphatic carbocycles. The molecule has 3 aromatic rings. The van der Waals surface area contributed by atoms with Gasteiger partial charge in [0.2, 0.25) is 0 Å². The number of nitrogens with zero attached hydrogens (tertiary/aromatic N) is 3. The zero-order chi connectivity index (χ0) is 13.9. The fourth-order valence-corrected chi connectivity index (χ4v) is 2.36. The molecule has 0 amide bonds. The van der Waals surface area contributed by atoms with Gasteiger partial charge in [0.25, 0.3) is 0 Å². The lowest BCUT2D eigenvalue weighted by atomic mass is 10.1. The lowest BCUT2D eigenvalue weighted by molar-refractivity contribution is 0.643. The molecule has 0 bridgehead atoms. The number of hydrogen-bond donors (Lipinski definition) is 1. The number of pyridine rings is 1. The molecule has 3 rings (SSSR count). The highest BCUT2D eigenvalue weighted by Gasteiger charge is 2.11. The topological polar surface area (TPSA) is 56.7 Å². The molecule has 20 heavy (non-hydrogen) atoms. The maximum absolute atomic E-state index is 6.09. The Balaban J connectivity index is 2.10. The normalized spacial score (nSPS) is 12.7. The minimum absolute atomic E-state index is 0.160. The van der Waals surface area contributed by atoms with Crippen LogP contribution in [0, 0.1) is 0 Å².